The van der Waals surface area contributed by atoms with Crippen LogP contribution in [0.5, 0.6) is 0 Å². The first-order valence-corrected chi connectivity index (χ1v) is 7.05. The third-order valence-electron chi connectivity index (χ3n) is 4.22. The predicted octanol–water partition coefficient (Wildman–Crippen LogP) is 3.61. The molecule has 1 fully saturated rings. The molecule has 1 aliphatic rings. The minimum atomic E-state index is -0.0557. The van der Waals surface area contributed by atoms with Gasteiger partial charge in [0.1, 0.15) is 0 Å². The number of rotatable bonds is 4. The van der Waals surface area contributed by atoms with E-state index in [0.717, 1.165) is 12.5 Å². The lowest BCUT2D eigenvalue weighted by molar-refractivity contribution is 0.0137. The molecule has 0 aromatic heterocycles. The van der Waals surface area contributed by atoms with Gasteiger partial charge in [0.2, 0.25) is 0 Å². The van der Waals surface area contributed by atoms with Gasteiger partial charge in [-0.25, -0.2) is 0 Å². The van der Waals surface area contributed by atoms with Crippen LogP contribution in [-0.4, -0.2) is 25.3 Å². The van der Waals surface area contributed by atoms with Crippen molar-refractivity contribution >= 4 is 0 Å². The van der Waals surface area contributed by atoms with Crippen molar-refractivity contribution in [2.75, 3.05) is 13.7 Å². The molecule has 0 heterocycles. The monoisotopic (exact) mass is 241 g/mol. The van der Waals surface area contributed by atoms with Crippen molar-refractivity contribution in [3.8, 4) is 0 Å². The van der Waals surface area contributed by atoms with Crippen LogP contribution in [0.4, 0.5) is 0 Å². The van der Waals surface area contributed by atoms with E-state index in [1.165, 1.54) is 25.7 Å². The number of hydrogen-bond donors (Lipinski definition) is 1. The molecule has 1 saturated carbocycles. The Hall–Kier alpha value is -0.0800. The van der Waals surface area contributed by atoms with Crippen LogP contribution in [0.3, 0.4) is 0 Å². The average molecular weight is 241 g/mol. The second kappa shape index (κ2) is 5.71. The van der Waals surface area contributed by atoms with Crippen molar-refractivity contribution in [3.05, 3.63) is 0 Å². The van der Waals surface area contributed by atoms with E-state index in [2.05, 4.69) is 39.9 Å². The van der Waals surface area contributed by atoms with Gasteiger partial charge >= 0.3 is 0 Å². The molecule has 17 heavy (non-hydrogen) atoms. The third kappa shape index (κ3) is 4.59. The lowest BCUT2D eigenvalue weighted by Gasteiger charge is -2.42. The summed E-state index contributed by atoms with van der Waals surface area (Å²) in [5.74, 6) is 0.795. The zero-order chi connectivity index (χ0) is 13.1. The minimum Gasteiger partial charge on any atom is -0.377 e. The quantitative estimate of drug-likeness (QED) is 0.812. The molecule has 0 aromatic carbocycles. The van der Waals surface area contributed by atoms with Gasteiger partial charge in [-0.15, -0.1) is 0 Å². The van der Waals surface area contributed by atoms with Crippen LogP contribution in [0.2, 0.25) is 0 Å². The van der Waals surface area contributed by atoms with Crippen LogP contribution in [0.1, 0.15) is 60.3 Å². The molecule has 0 aromatic rings. The van der Waals surface area contributed by atoms with Gasteiger partial charge in [-0.3, -0.25) is 0 Å². The second-order valence-corrected chi connectivity index (χ2v) is 7.21. The van der Waals surface area contributed by atoms with Crippen LogP contribution < -0.4 is 5.32 Å². The lowest BCUT2D eigenvalue weighted by atomic mass is 9.69. The normalized spacial score (nSPS) is 27.2. The van der Waals surface area contributed by atoms with Crippen molar-refractivity contribution in [2.45, 2.75) is 71.9 Å². The van der Waals surface area contributed by atoms with Crippen LogP contribution in [-0.2, 0) is 4.74 Å². The zero-order valence-corrected chi connectivity index (χ0v) is 12.6. The molecule has 0 amide bonds. The maximum atomic E-state index is 5.49. The summed E-state index contributed by atoms with van der Waals surface area (Å²) in [4.78, 5) is 0. The summed E-state index contributed by atoms with van der Waals surface area (Å²) in [7, 11) is 1.80. The van der Waals surface area contributed by atoms with Crippen molar-refractivity contribution in [1.29, 1.82) is 0 Å². The van der Waals surface area contributed by atoms with E-state index >= 15 is 0 Å². The highest BCUT2D eigenvalue weighted by Crippen LogP contribution is 2.38. The Balaban J connectivity index is 2.55. The number of methoxy groups -OCH3 is 1. The fourth-order valence-electron chi connectivity index (χ4n) is 2.86. The largest absolute Gasteiger partial charge is 0.377 e. The summed E-state index contributed by atoms with van der Waals surface area (Å²) in [6.07, 6.45) is 5.46. The Bertz CT molecular complexity index is 230. The van der Waals surface area contributed by atoms with Gasteiger partial charge in [0.05, 0.1) is 5.60 Å². The Labute approximate surface area is 108 Å². The predicted molar refractivity (Wildman–Crippen MR) is 74.3 cm³/mol. The van der Waals surface area contributed by atoms with Gasteiger partial charge in [0.15, 0.2) is 0 Å². The maximum Gasteiger partial charge on any atom is 0.0746 e. The molecule has 1 aliphatic carbocycles. The lowest BCUT2D eigenvalue weighted by Crippen LogP contribution is -2.49. The Kier molecular flexibility index (Phi) is 5.03. The Morgan fingerprint density at radius 2 is 1.65 bits per heavy atom. The second-order valence-electron chi connectivity index (χ2n) is 7.21. The summed E-state index contributed by atoms with van der Waals surface area (Å²) in [5.41, 5.74) is 0.356. The minimum absolute atomic E-state index is 0.0557. The van der Waals surface area contributed by atoms with E-state index < -0.39 is 0 Å². The van der Waals surface area contributed by atoms with Crippen molar-refractivity contribution < 1.29 is 4.74 Å². The van der Waals surface area contributed by atoms with Gasteiger partial charge in [0.25, 0.3) is 0 Å². The molecule has 0 aliphatic heterocycles. The molecule has 1 N–H and O–H groups in total. The maximum absolute atomic E-state index is 5.49. The Morgan fingerprint density at radius 3 is 2.18 bits per heavy atom. The molecule has 2 nitrogen and oxygen atoms in total. The summed E-state index contributed by atoms with van der Waals surface area (Å²) in [5, 5.41) is 3.74. The van der Waals surface area contributed by atoms with Crippen LogP contribution >= 0.6 is 0 Å². The van der Waals surface area contributed by atoms with Crippen molar-refractivity contribution in [2.24, 2.45) is 11.3 Å². The van der Waals surface area contributed by atoms with E-state index in [0.29, 0.717) is 11.5 Å². The van der Waals surface area contributed by atoms with Crippen LogP contribution in [0.25, 0.3) is 0 Å². The zero-order valence-electron chi connectivity index (χ0n) is 12.6. The van der Waals surface area contributed by atoms with E-state index in [-0.39, 0.29) is 5.60 Å². The topological polar surface area (TPSA) is 21.3 Å². The molecule has 102 valence electrons. The van der Waals surface area contributed by atoms with Gasteiger partial charge in [-0.05, 0) is 38.0 Å². The van der Waals surface area contributed by atoms with Gasteiger partial charge in [-0.1, -0.05) is 33.6 Å². The Morgan fingerprint density at radius 1 is 1.06 bits per heavy atom. The number of nitrogens with one attached hydrogen (secondary N) is 1. The molecule has 1 rings (SSSR count). The van der Waals surface area contributed by atoms with Gasteiger partial charge in [-0.2, -0.15) is 0 Å². The third-order valence-corrected chi connectivity index (χ3v) is 4.22. The smallest absolute Gasteiger partial charge is 0.0746 e. The summed E-state index contributed by atoms with van der Waals surface area (Å²) in [6.45, 7) is 12.4. The molecule has 2 heteroatoms. The summed E-state index contributed by atoms with van der Waals surface area (Å²) in [6, 6.07) is 0.665. The molecule has 0 bridgehead atoms. The average Bonchev–Trinajstić information content (AvgIpc) is 2.26. The molecule has 2 atom stereocenters. The van der Waals surface area contributed by atoms with E-state index in [4.69, 9.17) is 4.74 Å². The van der Waals surface area contributed by atoms with Crippen molar-refractivity contribution in [1.82, 2.24) is 5.32 Å². The number of ether oxygens (including phenoxy) is 1. The van der Waals surface area contributed by atoms with E-state index in [1.54, 1.807) is 7.11 Å². The fraction of sp³-hybridized carbons (Fsp3) is 1.00. The first-order valence-electron chi connectivity index (χ1n) is 7.05. The molecular weight excluding hydrogens is 210 g/mol. The van der Waals surface area contributed by atoms with Crippen molar-refractivity contribution in [3.63, 3.8) is 0 Å². The molecule has 2 unspecified atom stereocenters. The number of hydrogen-bond acceptors (Lipinski definition) is 2. The van der Waals surface area contributed by atoms with E-state index in [9.17, 15) is 0 Å². The standard InChI is InChI=1S/C15H31NO/c1-14(2,3)12-9-7-8-10-13(12)16-11-15(4,5)17-6/h12-13,16H,7-11H2,1-6H3. The summed E-state index contributed by atoms with van der Waals surface area (Å²) >= 11 is 0. The molecule has 0 saturated heterocycles. The highest BCUT2D eigenvalue weighted by molar-refractivity contribution is 4.89. The summed E-state index contributed by atoms with van der Waals surface area (Å²) < 4.78 is 5.49. The SMILES string of the molecule is COC(C)(C)CNC1CCCCC1C(C)(C)C. The van der Waals surface area contributed by atoms with Gasteiger partial charge < -0.3 is 10.1 Å². The molecule has 0 spiro atoms. The molecule has 0 radical (unpaired) electrons. The first-order chi connectivity index (χ1) is 7.76. The molecular formula is C15H31NO. The van der Waals surface area contributed by atoms with Crippen LogP contribution in [0.15, 0.2) is 0 Å². The van der Waals surface area contributed by atoms with Gasteiger partial charge in [0, 0.05) is 19.7 Å². The van der Waals surface area contributed by atoms with Crippen LogP contribution in [0, 0.1) is 11.3 Å². The fourth-order valence-corrected chi connectivity index (χ4v) is 2.86. The van der Waals surface area contributed by atoms with E-state index in [1.807, 2.05) is 0 Å². The highest BCUT2D eigenvalue weighted by Gasteiger charge is 2.34. The highest BCUT2D eigenvalue weighted by atomic mass is 16.5. The first kappa shape index (κ1) is 15.0.